The van der Waals surface area contributed by atoms with Gasteiger partial charge in [-0.05, 0) is 43.5 Å². The van der Waals surface area contributed by atoms with E-state index in [9.17, 15) is 9.59 Å². The average Bonchev–Trinajstić information content (AvgIpc) is 3.07. The molecule has 0 aliphatic carbocycles. The van der Waals surface area contributed by atoms with Gasteiger partial charge in [0.1, 0.15) is 5.82 Å². The van der Waals surface area contributed by atoms with Crippen LogP contribution in [0.4, 0.5) is 5.69 Å². The lowest BCUT2D eigenvalue weighted by atomic mass is 10.1. The lowest BCUT2D eigenvalue weighted by Crippen LogP contribution is -2.35. The number of para-hydroxylation sites is 3. The number of carbonyl (C=O) groups excluding carboxylic acids is 2. The Bertz CT molecular complexity index is 940. The molecule has 0 unspecified atom stereocenters. The van der Waals surface area contributed by atoms with Crippen LogP contribution in [-0.2, 0) is 16.0 Å². The maximum atomic E-state index is 12.3. The van der Waals surface area contributed by atoms with E-state index in [0.717, 1.165) is 33.7 Å². The largest absolute Gasteiger partial charge is 0.342 e. The number of rotatable bonds is 7. The molecule has 0 fully saturated rings. The zero-order valence-corrected chi connectivity index (χ0v) is 16.6. The van der Waals surface area contributed by atoms with Crippen molar-refractivity contribution in [3.63, 3.8) is 0 Å². The quantitative estimate of drug-likeness (QED) is 0.659. The number of nitrogens with one attached hydrogen (secondary N) is 2. The van der Waals surface area contributed by atoms with E-state index in [2.05, 4.69) is 15.3 Å². The number of hydrogen-bond donors (Lipinski definition) is 2. The first-order chi connectivity index (χ1) is 13.4. The minimum absolute atomic E-state index is 0.0389. The lowest BCUT2D eigenvalue weighted by Gasteiger charge is -2.18. The van der Waals surface area contributed by atoms with E-state index < -0.39 is 0 Å². The Labute approximate surface area is 165 Å². The summed E-state index contributed by atoms with van der Waals surface area (Å²) in [6.45, 7) is 3.95. The minimum Gasteiger partial charge on any atom is -0.342 e. The van der Waals surface area contributed by atoms with Crippen molar-refractivity contribution >= 4 is 28.5 Å². The topological polar surface area (TPSA) is 78.1 Å². The number of aromatic amines is 1. The van der Waals surface area contributed by atoms with E-state index in [0.29, 0.717) is 19.3 Å². The van der Waals surface area contributed by atoms with Gasteiger partial charge in [-0.2, -0.15) is 0 Å². The predicted molar refractivity (Wildman–Crippen MR) is 111 cm³/mol. The number of hydrogen-bond acceptors (Lipinski definition) is 3. The summed E-state index contributed by atoms with van der Waals surface area (Å²) in [7, 11) is 1.66. The molecule has 2 N–H and O–H groups in total. The summed E-state index contributed by atoms with van der Waals surface area (Å²) in [5.41, 5.74) is 4.77. The van der Waals surface area contributed by atoms with Crippen LogP contribution < -0.4 is 5.32 Å². The molecule has 6 nitrogen and oxygen atoms in total. The van der Waals surface area contributed by atoms with Crippen molar-refractivity contribution in [1.82, 2.24) is 14.9 Å². The second-order valence-electron chi connectivity index (χ2n) is 7.12. The molecule has 1 heterocycles. The van der Waals surface area contributed by atoms with Crippen LogP contribution in [0.25, 0.3) is 11.0 Å². The highest BCUT2D eigenvalue weighted by atomic mass is 16.2. The number of anilines is 1. The molecule has 1 aromatic heterocycles. The fraction of sp³-hybridized carbons (Fsp3) is 0.318. The van der Waals surface area contributed by atoms with Crippen molar-refractivity contribution in [3.05, 3.63) is 59.4 Å². The van der Waals surface area contributed by atoms with Gasteiger partial charge in [-0.15, -0.1) is 0 Å². The third-order valence-corrected chi connectivity index (χ3v) is 4.79. The number of imidazole rings is 1. The molecule has 0 aliphatic rings. The van der Waals surface area contributed by atoms with E-state index in [-0.39, 0.29) is 18.4 Å². The molecule has 0 atom stereocenters. The number of likely N-dealkylation sites (N-methyl/N-ethyl adjacent to an activating group) is 1. The number of H-pyrrole nitrogens is 1. The molecule has 0 radical (unpaired) electrons. The molecular weight excluding hydrogens is 352 g/mol. The van der Waals surface area contributed by atoms with Crippen LogP contribution >= 0.6 is 0 Å². The van der Waals surface area contributed by atoms with Crippen molar-refractivity contribution in [2.45, 2.75) is 33.1 Å². The molecule has 0 spiro atoms. The SMILES string of the molecule is Cc1cccc(C)c1NC(=O)CN(C)C(=O)CCCc1nc2ccccc2[nH]1. The molecule has 2 amide bonds. The van der Waals surface area contributed by atoms with Crippen molar-refractivity contribution < 1.29 is 9.59 Å². The number of nitrogens with zero attached hydrogens (tertiary/aromatic N) is 2. The number of benzene rings is 2. The Morgan fingerprint density at radius 2 is 1.79 bits per heavy atom. The molecule has 0 aliphatic heterocycles. The van der Waals surface area contributed by atoms with Gasteiger partial charge in [0, 0.05) is 25.6 Å². The monoisotopic (exact) mass is 378 g/mol. The van der Waals surface area contributed by atoms with E-state index in [1.807, 2.05) is 56.3 Å². The fourth-order valence-electron chi connectivity index (χ4n) is 3.22. The molecule has 2 aromatic carbocycles. The van der Waals surface area contributed by atoms with Crippen molar-refractivity contribution in [2.24, 2.45) is 0 Å². The van der Waals surface area contributed by atoms with Gasteiger partial charge in [-0.25, -0.2) is 4.98 Å². The molecule has 146 valence electrons. The van der Waals surface area contributed by atoms with Gasteiger partial charge in [0.05, 0.1) is 17.6 Å². The number of amides is 2. The van der Waals surface area contributed by atoms with Gasteiger partial charge in [0.25, 0.3) is 0 Å². The molecule has 28 heavy (non-hydrogen) atoms. The molecule has 0 saturated heterocycles. The highest BCUT2D eigenvalue weighted by Crippen LogP contribution is 2.19. The molecule has 3 aromatic rings. The van der Waals surface area contributed by atoms with Gasteiger partial charge in [-0.3, -0.25) is 9.59 Å². The summed E-state index contributed by atoms with van der Waals surface area (Å²) in [6.07, 6.45) is 1.76. The second kappa shape index (κ2) is 8.69. The van der Waals surface area contributed by atoms with Gasteiger partial charge in [0.15, 0.2) is 0 Å². The summed E-state index contributed by atoms with van der Waals surface area (Å²) in [6, 6.07) is 13.7. The minimum atomic E-state index is -0.189. The van der Waals surface area contributed by atoms with E-state index in [4.69, 9.17) is 0 Å². The third-order valence-electron chi connectivity index (χ3n) is 4.79. The Balaban J connectivity index is 1.46. The maximum Gasteiger partial charge on any atom is 0.243 e. The first-order valence-electron chi connectivity index (χ1n) is 9.47. The molecule has 0 saturated carbocycles. The maximum absolute atomic E-state index is 12.3. The van der Waals surface area contributed by atoms with Crippen LogP contribution in [0.15, 0.2) is 42.5 Å². The molecular formula is C22H26N4O2. The van der Waals surface area contributed by atoms with Crippen LogP contribution in [0.2, 0.25) is 0 Å². The average molecular weight is 378 g/mol. The normalized spacial score (nSPS) is 10.8. The smallest absolute Gasteiger partial charge is 0.243 e. The Kier molecular flexibility index (Phi) is 6.09. The van der Waals surface area contributed by atoms with Crippen LogP contribution in [0.3, 0.4) is 0 Å². The Hall–Kier alpha value is -3.15. The number of aromatic nitrogens is 2. The van der Waals surface area contributed by atoms with Gasteiger partial charge in [-0.1, -0.05) is 30.3 Å². The van der Waals surface area contributed by atoms with Crippen molar-refractivity contribution in [1.29, 1.82) is 0 Å². The van der Waals surface area contributed by atoms with Gasteiger partial charge in [0.2, 0.25) is 11.8 Å². The highest BCUT2D eigenvalue weighted by Gasteiger charge is 2.14. The summed E-state index contributed by atoms with van der Waals surface area (Å²) in [5, 5.41) is 2.91. The van der Waals surface area contributed by atoms with Crippen LogP contribution in [-0.4, -0.2) is 40.3 Å². The summed E-state index contributed by atoms with van der Waals surface area (Å²) in [5.74, 6) is 0.641. The Morgan fingerprint density at radius 3 is 2.50 bits per heavy atom. The van der Waals surface area contributed by atoms with Crippen LogP contribution in [0.1, 0.15) is 29.8 Å². The second-order valence-corrected chi connectivity index (χ2v) is 7.12. The van der Waals surface area contributed by atoms with Crippen molar-refractivity contribution in [3.8, 4) is 0 Å². The number of aryl methyl sites for hydroxylation is 3. The lowest BCUT2D eigenvalue weighted by molar-refractivity contribution is -0.133. The Morgan fingerprint density at radius 1 is 1.07 bits per heavy atom. The first kappa shape index (κ1) is 19.6. The molecule has 3 rings (SSSR count). The third kappa shape index (κ3) is 4.76. The van der Waals surface area contributed by atoms with Crippen LogP contribution in [0.5, 0.6) is 0 Å². The van der Waals surface area contributed by atoms with Gasteiger partial charge >= 0.3 is 0 Å². The number of carbonyl (C=O) groups is 2. The van der Waals surface area contributed by atoms with E-state index >= 15 is 0 Å². The van der Waals surface area contributed by atoms with E-state index in [1.165, 1.54) is 4.90 Å². The fourth-order valence-corrected chi connectivity index (χ4v) is 3.22. The highest BCUT2D eigenvalue weighted by molar-refractivity contribution is 5.95. The molecule has 6 heteroatoms. The van der Waals surface area contributed by atoms with Gasteiger partial charge < -0.3 is 15.2 Å². The number of fused-ring (bicyclic) bond motifs is 1. The van der Waals surface area contributed by atoms with E-state index in [1.54, 1.807) is 7.05 Å². The summed E-state index contributed by atoms with van der Waals surface area (Å²) < 4.78 is 0. The first-order valence-corrected chi connectivity index (χ1v) is 9.47. The predicted octanol–water partition coefficient (Wildman–Crippen LogP) is 3.60. The van der Waals surface area contributed by atoms with Crippen LogP contribution in [0, 0.1) is 13.8 Å². The zero-order valence-electron chi connectivity index (χ0n) is 16.6. The molecule has 0 bridgehead atoms. The standard InChI is InChI=1S/C22H26N4O2/c1-15-8-6-9-16(2)22(15)25-20(27)14-26(3)21(28)13-7-12-19-23-17-10-4-5-11-18(17)24-19/h4-6,8-11H,7,12-14H2,1-3H3,(H,23,24)(H,25,27). The summed E-state index contributed by atoms with van der Waals surface area (Å²) >= 11 is 0. The van der Waals surface area contributed by atoms with Crippen molar-refractivity contribution in [2.75, 3.05) is 18.9 Å². The summed E-state index contributed by atoms with van der Waals surface area (Å²) in [4.78, 5) is 33.9. The zero-order chi connectivity index (χ0) is 20.1.